The number of carbonyl (C=O) groups is 1. The van der Waals surface area contributed by atoms with E-state index in [1.54, 1.807) is 53.0 Å². The van der Waals surface area contributed by atoms with Crippen LogP contribution in [0.25, 0.3) is 16.6 Å². The largest absolute Gasteiger partial charge is 0.484 e. The predicted molar refractivity (Wildman–Crippen MR) is 144 cm³/mol. The minimum absolute atomic E-state index is 0.189. The number of halogens is 2. The summed E-state index contributed by atoms with van der Waals surface area (Å²) in [5.74, 6) is 0.707. The van der Waals surface area contributed by atoms with E-state index in [0.717, 1.165) is 4.47 Å². The van der Waals surface area contributed by atoms with Crippen LogP contribution in [-0.4, -0.2) is 47.2 Å². The van der Waals surface area contributed by atoms with Crippen LogP contribution in [0.2, 0.25) is 5.02 Å². The van der Waals surface area contributed by atoms with Gasteiger partial charge in [-0.2, -0.15) is 0 Å². The molecule has 1 amide bonds. The Morgan fingerprint density at radius 2 is 1.78 bits per heavy atom. The van der Waals surface area contributed by atoms with Crippen LogP contribution < -0.4 is 10.3 Å². The number of para-hydroxylation sites is 1. The SMILES string of the molecule is COCCN(C(=O)COc1ccc(Cl)cc1)C(C)c1nc2ccccc2c(=O)n1-c1ccc(Br)cc1. The van der Waals surface area contributed by atoms with Gasteiger partial charge in [-0.25, -0.2) is 4.98 Å². The summed E-state index contributed by atoms with van der Waals surface area (Å²) < 4.78 is 13.4. The van der Waals surface area contributed by atoms with Crippen LogP contribution in [0.15, 0.2) is 82.1 Å². The number of methoxy groups -OCH3 is 1. The molecule has 0 N–H and O–H groups in total. The summed E-state index contributed by atoms with van der Waals surface area (Å²) in [6.07, 6.45) is 0. The molecule has 1 unspecified atom stereocenters. The number of aromatic nitrogens is 2. The average Bonchev–Trinajstić information content (AvgIpc) is 2.89. The second kappa shape index (κ2) is 11.7. The van der Waals surface area contributed by atoms with Gasteiger partial charge in [-0.3, -0.25) is 14.2 Å². The molecule has 1 heterocycles. The van der Waals surface area contributed by atoms with Crippen molar-refractivity contribution in [3.63, 3.8) is 0 Å². The Morgan fingerprint density at radius 1 is 1.08 bits per heavy atom. The van der Waals surface area contributed by atoms with E-state index < -0.39 is 6.04 Å². The van der Waals surface area contributed by atoms with Gasteiger partial charge >= 0.3 is 0 Å². The molecule has 186 valence electrons. The van der Waals surface area contributed by atoms with Gasteiger partial charge in [-0.05, 0) is 67.6 Å². The molecular weight excluding hydrogens is 546 g/mol. The molecule has 0 spiro atoms. The minimum atomic E-state index is -0.553. The maximum atomic E-state index is 13.6. The van der Waals surface area contributed by atoms with Gasteiger partial charge in [-0.15, -0.1) is 0 Å². The smallest absolute Gasteiger partial charge is 0.266 e. The Hall–Kier alpha value is -3.20. The first-order valence-electron chi connectivity index (χ1n) is 11.3. The van der Waals surface area contributed by atoms with Gasteiger partial charge in [0.15, 0.2) is 6.61 Å². The van der Waals surface area contributed by atoms with Crippen molar-refractivity contribution in [3.8, 4) is 11.4 Å². The maximum Gasteiger partial charge on any atom is 0.266 e. The van der Waals surface area contributed by atoms with Crippen molar-refractivity contribution < 1.29 is 14.3 Å². The maximum absolute atomic E-state index is 13.6. The number of amides is 1. The molecule has 36 heavy (non-hydrogen) atoms. The fourth-order valence-corrected chi connectivity index (χ4v) is 4.28. The first-order chi connectivity index (χ1) is 17.4. The first kappa shape index (κ1) is 25.9. The molecule has 3 aromatic carbocycles. The zero-order valence-corrected chi connectivity index (χ0v) is 22.2. The predicted octanol–water partition coefficient (Wildman–Crippen LogP) is 5.42. The van der Waals surface area contributed by atoms with E-state index in [2.05, 4.69) is 15.9 Å². The van der Waals surface area contributed by atoms with Gasteiger partial charge < -0.3 is 14.4 Å². The molecule has 7 nitrogen and oxygen atoms in total. The summed E-state index contributed by atoms with van der Waals surface area (Å²) in [5, 5.41) is 1.08. The molecule has 0 aliphatic rings. The third-order valence-corrected chi connectivity index (χ3v) is 6.54. The van der Waals surface area contributed by atoms with E-state index in [9.17, 15) is 9.59 Å². The third kappa shape index (κ3) is 5.78. The molecule has 0 saturated carbocycles. The summed E-state index contributed by atoms with van der Waals surface area (Å²) in [5.41, 5.74) is 1.01. The molecule has 0 bridgehead atoms. The Morgan fingerprint density at radius 3 is 2.47 bits per heavy atom. The summed E-state index contributed by atoms with van der Waals surface area (Å²) in [7, 11) is 1.57. The van der Waals surface area contributed by atoms with E-state index in [-0.39, 0.29) is 18.1 Å². The highest BCUT2D eigenvalue weighted by Gasteiger charge is 2.27. The van der Waals surface area contributed by atoms with Crippen molar-refractivity contribution in [2.24, 2.45) is 0 Å². The Balaban J connectivity index is 1.74. The van der Waals surface area contributed by atoms with Crippen LogP contribution in [0, 0.1) is 0 Å². The summed E-state index contributed by atoms with van der Waals surface area (Å²) in [4.78, 5) is 33.4. The second-order valence-electron chi connectivity index (χ2n) is 8.10. The fourth-order valence-electron chi connectivity index (χ4n) is 3.89. The molecule has 0 aliphatic heterocycles. The Bertz CT molecular complexity index is 1410. The molecule has 9 heteroatoms. The molecule has 0 radical (unpaired) electrons. The normalized spacial score (nSPS) is 11.9. The quantitative estimate of drug-likeness (QED) is 0.269. The lowest BCUT2D eigenvalue weighted by Gasteiger charge is -2.30. The van der Waals surface area contributed by atoms with E-state index in [0.29, 0.717) is 46.3 Å². The molecule has 1 aromatic heterocycles. The third-order valence-electron chi connectivity index (χ3n) is 5.76. The molecule has 0 saturated heterocycles. The van der Waals surface area contributed by atoms with E-state index in [1.165, 1.54) is 0 Å². The number of nitrogens with zero attached hydrogens (tertiary/aromatic N) is 3. The fraction of sp³-hybridized carbons (Fsp3) is 0.222. The van der Waals surface area contributed by atoms with Crippen LogP contribution in [0.1, 0.15) is 18.8 Å². The zero-order valence-electron chi connectivity index (χ0n) is 19.9. The molecule has 0 fully saturated rings. The van der Waals surface area contributed by atoms with Gasteiger partial charge in [-0.1, -0.05) is 39.7 Å². The number of ether oxygens (including phenoxy) is 2. The van der Waals surface area contributed by atoms with Gasteiger partial charge in [0.2, 0.25) is 0 Å². The summed E-state index contributed by atoms with van der Waals surface area (Å²) >= 11 is 9.38. The van der Waals surface area contributed by atoms with E-state index in [1.807, 2.05) is 43.3 Å². The van der Waals surface area contributed by atoms with Crippen LogP contribution in [0.4, 0.5) is 0 Å². The van der Waals surface area contributed by atoms with Crippen LogP contribution in [0.5, 0.6) is 5.75 Å². The monoisotopic (exact) mass is 569 g/mol. The standard InChI is InChI=1S/C27H25BrClN3O4/c1-18(31(15-16-35-2)25(33)17-36-22-13-9-20(29)10-14-22)26-30-24-6-4-3-5-23(24)27(34)32(26)21-11-7-19(28)8-12-21/h3-14,18H,15-17H2,1-2H3. The van der Waals surface area contributed by atoms with Gasteiger partial charge in [0, 0.05) is 23.1 Å². The van der Waals surface area contributed by atoms with Crippen molar-refractivity contribution in [3.05, 3.63) is 98.5 Å². The highest BCUT2D eigenvalue weighted by molar-refractivity contribution is 9.10. The van der Waals surface area contributed by atoms with Crippen molar-refractivity contribution in [2.75, 3.05) is 26.9 Å². The minimum Gasteiger partial charge on any atom is -0.484 e. The highest BCUT2D eigenvalue weighted by atomic mass is 79.9. The van der Waals surface area contributed by atoms with E-state index >= 15 is 0 Å². The lowest BCUT2D eigenvalue weighted by molar-refractivity contribution is -0.136. The molecule has 1 atom stereocenters. The first-order valence-corrected chi connectivity index (χ1v) is 12.5. The van der Waals surface area contributed by atoms with Crippen LogP contribution in [0.3, 0.4) is 0 Å². The summed E-state index contributed by atoms with van der Waals surface area (Å²) in [6, 6.07) is 20.8. The molecule has 4 rings (SSSR count). The number of hydrogen-bond acceptors (Lipinski definition) is 5. The number of rotatable bonds is 9. The Labute approximate surface area is 222 Å². The number of benzene rings is 3. The lowest BCUT2D eigenvalue weighted by Crippen LogP contribution is -2.41. The Kier molecular flexibility index (Phi) is 8.40. The lowest BCUT2D eigenvalue weighted by atomic mass is 10.2. The van der Waals surface area contributed by atoms with Gasteiger partial charge in [0.05, 0.1) is 29.2 Å². The second-order valence-corrected chi connectivity index (χ2v) is 9.45. The van der Waals surface area contributed by atoms with Crippen LogP contribution in [-0.2, 0) is 9.53 Å². The zero-order chi connectivity index (χ0) is 25.7. The topological polar surface area (TPSA) is 73.7 Å². The highest BCUT2D eigenvalue weighted by Crippen LogP contribution is 2.24. The van der Waals surface area contributed by atoms with Crippen molar-refractivity contribution in [1.29, 1.82) is 0 Å². The molecular formula is C27H25BrClN3O4. The van der Waals surface area contributed by atoms with Gasteiger partial charge in [0.25, 0.3) is 11.5 Å². The van der Waals surface area contributed by atoms with Crippen molar-refractivity contribution in [2.45, 2.75) is 13.0 Å². The molecule has 4 aromatic rings. The van der Waals surface area contributed by atoms with Gasteiger partial charge in [0.1, 0.15) is 11.6 Å². The number of hydrogen-bond donors (Lipinski definition) is 0. The van der Waals surface area contributed by atoms with E-state index in [4.69, 9.17) is 26.1 Å². The average molecular weight is 571 g/mol. The number of fused-ring (bicyclic) bond motifs is 1. The molecule has 0 aliphatic carbocycles. The van der Waals surface area contributed by atoms with Crippen molar-refractivity contribution in [1.82, 2.24) is 14.5 Å². The van der Waals surface area contributed by atoms with Crippen molar-refractivity contribution >= 4 is 44.3 Å². The number of carbonyl (C=O) groups excluding carboxylic acids is 1. The van der Waals surface area contributed by atoms with Crippen LogP contribution >= 0.6 is 27.5 Å². The summed E-state index contributed by atoms with van der Waals surface area (Å²) in [6.45, 7) is 2.27.